The molecular formula is C13H18N3OS+. The van der Waals surface area contributed by atoms with E-state index in [-0.39, 0.29) is 10.4 Å². The molecule has 0 radical (unpaired) electrons. The van der Waals surface area contributed by atoms with Crippen molar-refractivity contribution in [2.45, 2.75) is 18.9 Å². The first kappa shape index (κ1) is 14.7. The minimum absolute atomic E-state index is 0.102. The van der Waals surface area contributed by atoms with Crippen LogP contribution in [0.5, 0.6) is 0 Å². The summed E-state index contributed by atoms with van der Waals surface area (Å²) in [6.07, 6.45) is 0. The number of hydrogen-bond donors (Lipinski definition) is 0. The first-order valence-corrected chi connectivity index (χ1v) is 6.60. The maximum absolute atomic E-state index is 11.8. The van der Waals surface area contributed by atoms with E-state index < -0.39 is 0 Å². The summed E-state index contributed by atoms with van der Waals surface area (Å²) in [4.78, 5) is 16.2. The number of thioether (sulfide) groups is 1. The second kappa shape index (κ2) is 5.51. The van der Waals surface area contributed by atoms with Crippen LogP contribution in [0, 0.1) is 25.2 Å². The number of amides is 1. The Morgan fingerprint density at radius 1 is 1.44 bits per heavy atom. The first-order chi connectivity index (χ1) is 8.25. The van der Waals surface area contributed by atoms with Crippen LogP contribution in [0.1, 0.15) is 16.8 Å². The molecule has 0 aliphatic carbocycles. The molecule has 0 N–H and O–H groups in total. The van der Waals surface area contributed by atoms with Gasteiger partial charge < -0.3 is 0 Å². The zero-order valence-electron chi connectivity index (χ0n) is 11.4. The molecule has 1 amide bonds. The van der Waals surface area contributed by atoms with E-state index in [0.29, 0.717) is 16.3 Å². The van der Waals surface area contributed by atoms with Crippen molar-refractivity contribution in [2.24, 2.45) is 0 Å². The predicted molar refractivity (Wildman–Crippen MR) is 72.2 cm³/mol. The van der Waals surface area contributed by atoms with Crippen LogP contribution < -0.4 is 0 Å². The summed E-state index contributed by atoms with van der Waals surface area (Å²) in [5, 5.41) is 9.77. The molecule has 1 aromatic heterocycles. The van der Waals surface area contributed by atoms with E-state index in [1.807, 2.05) is 41.1 Å². The summed E-state index contributed by atoms with van der Waals surface area (Å²) in [5.41, 5.74) is 2.34. The molecule has 4 nitrogen and oxygen atoms in total. The van der Waals surface area contributed by atoms with E-state index in [2.05, 4.69) is 11.1 Å². The van der Waals surface area contributed by atoms with E-state index >= 15 is 0 Å². The molecule has 1 aromatic rings. The highest BCUT2D eigenvalue weighted by Gasteiger charge is 2.21. The molecule has 0 aliphatic rings. The van der Waals surface area contributed by atoms with E-state index in [4.69, 9.17) is 5.26 Å². The molecular weight excluding hydrogens is 246 g/mol. The molecule has 0 bridgehead atoms. The highest BCUT2D eigenvalue weighted by atomic mass is 32.2. The van der Waals surface area contributed by atoms with Crippen molar-refractivity contribution in [3.63, 3.8) is 0 Å². The number of hydrogen-bond acceptors (Lipinski definition) is 4. The fourth-order valence-corrected chi connectivity index (χ4v) is 2.57. The van der Waals surface area contributed by atoms with Gasteiger partial charge in [0.25, 0.3) is 0 Å². The zero-order valence-corrected chi connectivity index (χ0v) is 12.3. The smallest absolute Gasteiger partial charge is 0.267 e. The maximum Gasteiger partial charge on any atom is 0.323 e. The number of pyridine rings is 1. The maximum atomic E-state index is 11.8. The van der Waals surface area contributed by atoms with Crippen LogP contribution in [0.4, 0.5) is 0 Å². The van der Waals surface area contributed by atoms with Gasteiger partial charge in [-0.3, -0.25) is 4.48 Å². The summed E-state index contributed by atoms with van der Waals surface area (Å²) in [6, 6.07) is 4.03. The summed E-state index contributed by atoms with van der Waals surface area (Å²) >= 11 is 1.34. The van der Waals surface area contributed by atoms with Crippen molar-refractivity contribution < 1.29 is 9.28 Å². The molecule has 1 rings (SSSR count). The van der Waals surface area contributed by atoms with Crippen LogP contribution in [-0.4, -0.2) is 42.3 Å². The van der Waals surface area contributed by atoms with E-state index in [9.17, 15) is 4.79 Å². The number of carbonyl (C=O) groups is 1. The first-order valence-electron chi connectivity index (χ1n) is 5.61. The highest BCUT2D eigenvalue weighted by molar-refractivity contribution is 7.99. The average molecular weight is 264 g/mol. The SMILES string of the molecule is Cc1cc(C)c(C#N)c(SCC(=O)[N+](C)(C)C)n1. The molecule has 0 unspecified atom stereocenters. The number of aromatic nitrogens is 1. The molecule has 0 spiro atoms. The second-order valence-electron chi connectivity index (χ2n) is 5.07. The summed E-state index contributed by atoms with van der Waals surface area (Å²) in [5.74, 6) is 0.429. The van der Waals surface area contributed by atoms with Gasteiger partial charge in [-0.2, -0.15) is 5.26 Å². The Labute approximate surface area is 112 Å². The summed E-state index contributed by atoms with van der Waals surface area (Å²) in [7, 11) is 5.51. The Balaban J connectivity index is 2.93. The lowest BCUT2D eigenvalue weighted by atomic mass is 10.1. The third kappa shape index (κ3) is 3.56. The number of nitrogens with zero attached hydrogens (tertiary/aromatic N) is 3. The van der Waals surface area contributed by atoms with Crippen molar-refractivity contribution in [1.29, 1.82) is 5.26 Å². The van der Waals surface area contributed by atoms with Gasteiger partial charge in [-0.1, -0.05) is 11.8 Å². The molecule has 5 heteroatoms. The van der Waals surface area contributed by atoms with E-state index in [1.54, 1.807) is 0 Å². The van der Waals surface area contributed by atoms with Crippen molar-refractivity contribution in [3.05, 3.63) is 22.9 Å². The van der Waals surface area contributed by atoms with Gasteiger partial charge in [0.2, 0.25) is 0 Å². The Bertz CT molecular complexity index is 512. The second-order valence-corrected chi connectivity index (χ2v) is 6.03. The lowest BCUT2D eigenvalue weighted by molar-refractivity contribution is -0.791. The van der Waals surface area contributed by atoms with Crippen molar-refractivity contribution in [1.82, 2.24) is 4.98 Å². The Hall–Kier alpha value is -1.38. The fourth-order valence-electron chi connectivity index (χ4n) is 1.37. The molecule has 0 aromatic carbocycles. The number of aryl methyl sites for hydroxylation is 2. The van der Waals surface area contributed by atoms with E-state index in [0.717, 1.165) is 11.3 Å². The third-order valence-corrected chi connectivity index (χ3v) is 3.46. The largest absolute Gasteiger partial charge is 0.323 e. The lowest BCUT2D eigenvalue weighted by Gasteiger charge is -2.20. The summed E-state index contributed by atoms with van der Waals surface area (Å²) in [6.45, 7) is 3.78. The highest BCUT2D eigenvalue weighted by Crippen LogP contribution is 2.24. The monoisotopic (exact) mass is 264 g/mol. The molecule has 0 aliphatic heterocycles. The van der Waals surface area contributed by atoms with E-state index in [1.165, 1.54) is 11.8 Å². The van der Waals surface area contributed by atoms with Crippen LogP contribution in [-0.2, 0) is 4.79 Å². The lowest BCUT2D eigenvalue weighted by Crippen LogP contribution is -2.42. The molecule has 1 heterocycles. The van der Waals surface area contributed by atoms with Crippen molar-refractivity contribution in [3.8, 4) is 6.07 Å². The zero-order chi connectivity index (χ0) is 13.9. The van der Waals surface area contributed by atoms with Gasteiger partial charge in [-0.15, -0.1) is 0 Å². The van der Waals surface area contributed by atoms with Gasteiger partial charge in [0.1, 0.15) is 16.8 Å². The molecule has 18 heavy (non-hydrogen) atoms. The third-order valence-electron chi connectivity index (χ3n) is 2.50. The van der Waals surface area contributed by atoms with Gasteiger partial charge in [-0.25, -0.2) is 9.78 Å². The molecule has 96 valence electrons. The van der Waals surface area contributed by atoms with Crippen molar-refractivity contribution in [2.75, 3.05) is 26.9 Å². The van der Waals surface area contributed by atoms with Crippen LogP contribution in [0.2, 0.25) is 0 Å². The van der Waals surface area contributed by atoms with Crippen molar-refractivity contribution >= 4 is 17.7 Å². The molecule has 0 saturated heterocycles. The van der Waals surface area contributed by atoms with Crippen LogP contribution in [0.15, 0.2) is 11.1 Å². The Morgan fingerprint density at radius 3 is 2.56 bits per heavy atom. The van der Waals surface area contributed by atoms with Gasteiger partial charge in [0.15, 0.2) is 0 Å². The van der Waals surface area contributed by atoms with Gasteiger partial charge >= 0.3 is 5.91 Å². The Morgan fingerprint density at radius 2 is 2.06 bits per heavy atom. The number of nitriles is 1. The van der Waals surface area contributed by atoms with Gasteiger partial charge in [0, 0.05) is 5.69 Å². The van der Waals surface area contributed by atoms with Crippen LogP contribution in [0.25, 0.3) is 0 Å². The number of carbonyl (C=O) groups excluding carboxylic acids is 1. The average Bonchev–Trinajstić information content (AvgIpc) is 2.23. The number of rotatable bonds is 3. The topological polar surface area (TPSA) is 53.8 Å². The van der Waals surface area contributed by atoms with Crippen LogP contribution in [0.3, 0.4) is 0 Å². The fraction of sp³-hybridized carbons (Fsp3) is 0.462. The Kier molecular flexibility index (Phi) is 4.49. The summed E-state index contributed by atoms with van der Waals surface area (Å²) < 4.78 is 0.277. The molecule has 0 fully saturated rings. The van der Waals surface area contributed by atoms with Gasteiger partial charge in [-0.05, 0) is 25.5 Å². The molecule has 0 saturated carbocycles. The minimum Gasteiger partial charge on any atom is -0.267 e. The molecule has 0 atom stereocenters. The normalized spacial score (nSPS) is 11.1. The quantitative estimate of drug-likeness (QED) is 0.618. The van der Waals surface area contributed by atoms with Crippen LogP contribution >= 0.6 is 11.8 Å². The van der Waals surface area contributed by atoms with Gasteiger partial charge in [0.05, 0.1) is 26.7 Å². The number of quaternary nitrogens is 1. The standard InChI is InChI=1S/C13H18N3OS/c1-9-6-10(2)15-13(11(9)7-14)18-8-12(17)16(3,4)5/h6H,8H2,1-5H3/q+1. The minimum atomic E-state index is 0.102. The predicted octanol–water partition coefficient (Wildman–Crippen LogP) is 1.90.